The molecule has 0 spiro atoms. The zero-order valence-electron chi connectivity index (χ0n) is 10.9. The van der Waals surface area contributed by atoms with Gasteiger partial charge in [0.25, 0.3) is 0 Å². The van der Waals surface area contributed by atoms with Gasteiger partial charge in [-0.15, -0.1) is 0 Å². The first-order valence-electron chi connectivity index (χ1n) is 6.44. The molecule has 0 saturated carbocycles. The number of hydrogen-bond acceptors (Lipinski definition) is 3. The molecule has 0 radical (unpaired) electrons. The minimum Gasteiger partial charge on any atom is -0.377 e. The van der Waals surface area contributed by atoms with E-state index in [1.807, 2.05) is 31.2 Å². The molecule has 1 unspecified atom stereocenters. The van der Waals surface area contributed by atoms with E-state index in [4.69, 9.17) is 4.74 Å². The second kappa shape index (κ2) is 6.33. The second-order valence-electron chi connectivity index (χ2n) is 4.49. The van der Waals surface area contributed by atoms with Gasteiger partial charge < -0.3 is 15.4 Å². The summed E-state index contributed by atoms with van der Waals surface area (Å²) in [6, 6.07) is 7.54. The summed E-state index contributed by atoms with van der Waals surface area (Å²) in [4.78, 5) is 23.1. The summed E-state index contributed by atoms with van der Waals surface area (Å²) in [6.07, 6.45) is 0.263. The average molecular weight is 262 g/mol. The molecule has 5 heteroatoms. The molecule has 1 aliphatic heterocycles. The van der Waals surface area contributed by atoms with Crippen molar-refractivity contribution >= 4 is 17.5 Å². The van der Waals surface area contributed by atoms with Gasteiger partial charge in [-0.25, -0.2) is 0 Å². The predicted molar refractivity (Wildman–Crippen MR) is 71.5 cm³/mol. The first-order chi connectivity index (χ1) is 9.20. The molecule has 2 amide bonds. The molecule has 19 heavy (non-hydrogen) atoms. The van der Waals surface area contributed by atoms with Gasteiger partial charge in [-0.1, -0.05) is 18.2 Å². The Morgan fingerprint density at radius 1 is 1.47 bits per heavy atom. The standard InChI is InChI=1S/C14H18N2O3/c1-2-19-9-10-5-3-4-6-12(10)16-14(18)11-7-13(17)15-8-11/h3-6,11H,2,7-9H2,1H3,(H,15,17)(H,16,18). The number of benzene rings is 1. The van der Waals surface area contributed by atoms with Crippen molar-refractivity contribution in [3.63, 3.8) is 0 Å². The normalized spacial score (nSPS) is 18.2. The van der Waals surface area contributed by atoms with E-state index in [0.29, 0.717) is 19.8 Å². The molecular weight excluding hydrogens is 244 g/mol. The van der Waals surface area contributed by atoms with E-state index in [2.05, 4.69) is 10.6 Å². The fourth-order valence-corrected chi connectivity index (χ4v) is 2.01. The minimum atomic E-state index is -0.285. The van der Waals surface area contributed by atoms with Crippen LogP contribution in [0, 0.1) is 5.92 Å². The fourth-order valence-electron chi connectivity index (χ4n) is 2.01. The first-order valence-corrected chi connectivity index (χ1v) is 6.44. The smallest absolute Gasteiger partial charge is 0.229 e. The number of ether oxygens (including phenoxy) is 1. The Hall–Kier alpha value is -1.88. The molecular formula is C14H18N2O3. The number of carbonyl (C=O) groups is 2. The molecule has 102 valence electrons. The molecule has 0 aromatic heterocycles. The van der Waals surface area contributed by atoms with E-state index in [1.165, 1.54) is 0 Å². The van der Waals surface area contributed by atoms with Gasteiger partial charge in [-0.3, -0.25) is 9.59 Å². The van der Waals surface area contributed by atoms with Gasteiger partial charge in [0.05, 0.1) is 12.5 Å². The van der Waals surface area contributed by atoms with Crippen LogP contribution >= 0.6 is 0 Å². The maximum absolute atomic E-state index is 12.0. The number of rotatable bonds is 5. The van der Waals surface area contributed by atoms with E-state index in [0.717, 1.165) is 11.3 Å². The molecule has 2 rings (SSSR count). The summed E-state index contributed by atoms with van der Waals surface area (Å²) in [7, 11) is 0. The van der Waals surface area contributed by atoms with Gasteiger partial charge >= 0.3 is 0 Å². The minimum absolute atomic E-state index is 0.0669. The maximum atomic E-state index is 12.0. The summed E-state index contributed by atoms with van der Waals surface area (Å²) in [5.41, 5.74) is 1.69. The van der Waals surface area contributed by atoms with Gasteiger partial charge in [0, 0.05) is 30.8 Å². The molecule has 1 aliphatic rings. The van der Waals surface area contributed by atoms with Crippen LogP contribution in [0.5, 0.6) is 0 Å². The van der Waals surface area contributed by atoms with Gasteiger partial charge in [0.2, 0.25) is 11.8 Å². The lowest BCUT2D eigenvalue weighted by molar-refractivity contribution is -0.123. The lowest BCUT2D eigenvalue weighted by atomic mass is 10.1. The van der Waals surface area contributed by atoms with Crippen molar-refractivity contribution in [1.82, 2.24) is 5.32 Å². The van der Waals surface area contributed by atoms with E-state index >= 15 is 0 Å². The summed E-state index contributed by atoms with van der Waals surface area (Å²) in [6.45, 7) is 3.44. The van der Waals surface area contributed by atoms with Crippen LogP contribution < -0.4 is 10.6 Å². The van der Waals surface area contributed by atoms with E-state index in [1.54, 1.807) is 0 Å². The van der Waals surface area contributed by atoms with Crippen LogP contribution in [0.1, 0.15) is 18.9 Å². The number of nitrogens with one attached hydrogen (secondary N) is 2. The molecule has 1 atom stereocenters. The molecule has 2 N–H and O–H groups in total. The molecule has 1 aromatic rings. The largest absolute Gasteiger partial charge is 0.377 e. The number of hydrogen-bond donors (Lipinski definition) is 2. The highest BCUT2D eigenvalue weighted by atomic mass is 16.5. The van der Waals surface area contributed by atoms with Crippen molar-refractivity contribution < 1.29 is 14.3 Å². The van der Waals surface area contributed by atoms with Crippen LogP contribution in [-0.4, -0.2) is 25.0 Å². The highest BCUT2D eigenvalue weighted by molar-refractivity contribution is 5.97. The summed E-state index contributed by atoms with van der Waals surface area (Å²) in [5, 5.41) is 5.53. The molecule has 1 heterocycles. The Bertz CT molecular complexity index is 474. The third-order valence-corrected chi connectivity index (χ3v) is 3.09. The fraction of sp³-hybridized carbons (Fsp3) is 0.429. The van der Waals surface area contributed by atoms with Crippen LogP contribution in [0.15, 0.2) is 24.3 Å². The van der Waals surface area contributed by atoms with Crippen LogP contribution in [0.2, 0.25) is 0 Å². The number of anilines is 1. The second-order valence-corrected chi connectivity index (χ2v) is 4.49. The van der Waals surface area contributed by atoms with Crippen molar-refractivity contribution in [2.45, 2.75) is 20.0 Å². The SMILES string of the molecule is CCOCc1ccccc1NC(=O)C1CNC(=O)C1. The number of para-hydroxylation sites is 1. The van der Waals surface area contributed by atoms with Gasteiger partial charge in [0.15, 0.2) is 0 Å². The van der Waals surface area contributed by atoms with Gasteiger partial charge in [-0.05, 0) is 13.0 Å². The molecule has 1 fully saturated rings. The summed E-state index contributed by atoms with van der Waals surface area (Å²) in [5.74, 6) is -0.474. The topological polar surface area (TPSA) is 67.4 Å². The van der Waals surface area contributed by atoms with Crippen molar-refractivity contribution in [3.8, 4) is 0 Å². The quantitative estimate of drug-likeness (QED) is 0.840. The summed E-state index contributed by atoms with van der Waals surface area (Å²) >= 11 is 0. The monoisotopic (exact) mass is 262 g/mol. The van der Waals surface area contributed by atoms with Crippen LogP contribution in [0.3, 0.4) is 0 Å². The molecule has 0 aliphatic carbocycles. The average Bonchev–Trinajstić information content (AvgIpc) is 2.84. The van der Waals surface area contributed by atoms with Crippen LogP contribution in [-0.2, 0) is 20.9 Å². The highest BCUT2D eigenvalue weighted by Gasteiger charge is 2.28. The van der Waals surface area contributed by atoms with Gasteiger partial charge in [-0.2, -0.15) is 0 Å². The Morgan fingerprint density at radius 3 is 2.95 bits per heavy atom. The highest BCUT2D eigenvalue weighted by Crippen LogP contribution is 2.18. The number of amides is 2. The Kier molecular flexibility index (Phi) is 4.52. The Balaban J connectivity index is 2.01. The molecule has 1 aromatic carbocycles. The number of carbonyl (C=O) groups excluding carboxylic acids is 2. The Labute approximate surface area is 112 Å². The van der Waals surface area contributed by atoms with E-state index in [-0.39, 0.29) is 24.2 Å². The molecule has 5 nitrogen and oxygen atoms in total. The zero-order valence-corrected chi connectivity index (χ0v) is 10.9. The van der Waals surface area contributed by atoms with Crippen molar-refractivity contribution in [2.75, 3.05) is 18.5 Å². The lowest BCUT2D eigenvalue weighted by Gasteiger charge is -2.13. The maximum Gasteiger partial charge on any atom is 0.229 e. The van der Waals surface area contributed by atoms with Crippen LogP contribution in [0.25, 0.3) is 0 Å². The lowest BCUT2D eigenvalue weighted by Crippen LogP contribution is -2.25. The summed E-state index contributed by atoms with van der Waals surface area (Å²) < 4.78 is 5.37. The predicted octanol–water partition coefficient (Wildman–Crippen LogP) is 1.30. The van der Waals surface area contributed by atoms with Crippen molar-refractivity contribution in [3.05, 3.63) is 29.8 Å². The first kappa shape index (κ1) is 13.5. The Morgan fingerprint density at radius 2 is 2.26 bits per heavy atom. The van der Waals surface area contributed by atoms with Crippen LogP contribution in [0.4, 0.5) is 5.69 Å². The van der Waals surface area contributed by atoms with Crippen molar-refractivity contribution in [1.29, 1.82) is 0 Å². The molecule has 1 saturated heterocycles. The third-order valence-electron chi connectivity index (χ3n) is 3.09. The van der Waals surface area contributed by atoms with Crippen molar-refractivity contribution in [2.24, 2.45) is 5.92 Å². The zero-order chi connectivity index (χ0) is 13.7. The molecule has 0 bridgehead atoms. The third kappa shape index (κ3) is 3.54. The van der Waals surface area contributed by atoms with E-state index < -0.39 is 0 Å². The van der Waals surface area contributed by atoms with Gasteiger partial charge in [0.1, 0.15) is 0 Å². The van der Waals surface area contributed by atoms with E-state index in [9.17, 15) is 9.59 Å².